The van der Waals surface area contributed by atoms with Crippen LogP contribution in [0.3, 0.4) is 0 Å². The molecule has 0 bridgehead atoms. The second-order valence-corrected chi connectivity index (χ2v) is 7.64. The molecule has 1 N–H and O–H groups in total. The normalized spacial score (nSPS) is 12.3. The highest BCUT2D eigenvalue weighted by Crippen LogP contribution is 2.27. The molecular weight excluding hydrogens is 322 g/mol. The predicted molar refractivity (Wildman–Crippen MR) is 108 cm³/mol. The molecule has 3 nitrogen and oxygen atoms in total. The number of aryl methyl sites for hydroxylation is 1. The Morgan fingerprint density at radius 3 is 2.35 bits per heavy atom. The van der Waals surface area contributed by atoms with E-state index < -0.39 is 0 Å². The Bertz CT molecular complexity index is 707. The van der Waals surface area contributed by atoms with E-state index in [9.17, 15) is 4.79 Å². The first-order valence-electron chi connectivity index (χ1n) is 9.44. The first-order valence-corrected chi connectivity index (χ1v) is 9.44. The molecule has 0 saturated heterocycles. The van der Waals surface area contributed by atoms with Crippen molar-refractivity contribution in [1.29, 1.82) is 0 Å². The van der Waals surface area contributed by atoms with Gasteiger partial charge in [0.15, 0.2) is 6.61 Å². The first kappa shape index (κ1) is 20.0. The Morgan fingerprint density at radius 1 is 1.04 bits per heavy atom. The molecule has 0 heterocycles. The number of ether oxygens (including phenoxy) is 1. The molecule has 2 aromatic carbocycles. The van der Waals surface area contributed by atoms with Gasteiger partial charge in [-0.3, -0.25) is 4.79 Å². The quantitative estimate of drug-likeness (QED) is 0.690. The lowest BCUT2D eigenvalue weighted by Crippen LogP contribution is -2.33. The molecule has 0 aliphatic carbocycles. The van der Waals surface area contributed by atoms with Crippen LogP contribution in [0, 0.1) is 12.8 Å². The predicted octanol–water partition coefficient (Wildman–Crippen LogP) is 5.40. The van der Waals surface area contributed by atoms with Gasteiger partial charge in [0, 0.05) is 0 Å². The van der Waals surface area contributed by atoms with Crippen LogP contribution in [0.2, 0.25) is 0 Å². The molecule has 26 heavy (non-hydrogen) atoms. The third kappa shape index (κ3) is 5.91. The molecule has 3 heteroatoms. The van der Waals surface area contributed by atoms with Crippen molar-refractivity contribution >= 4 is 5.91 Å². The van der Waals surface area contributed by atoms with E-state index in [1.165, 1.54) is 0 Å². The Labute approximate surface area is 157 Å². The zero-order valence-corrected chi connectivity index (χ0v) is 16.6. The maximum absolute atomic E-state index is 12.5. The maximum Gasteiger partial charge on any atom is 0.258 e. The fourth-order valence-electron chi connectivity index (χ4n) is 3.06. The summed E-state index contributed by atoms with van der Waals surface area (Å²) in [5, 5.41) is 3.13. The number of carbonyl (C=O) groups is 1. The highest BCUT2D eigenvalue weighted by Gasteiger charge is 2.17. The molecule has 0 saturated carbocycles. The Hall–Kier alpha value is -2.29. The molecule has 0 aliphatic heterocycles. The summed E-state index contributed by atoms with van der Waals surface area (Å²) in [6, 6.07) is 16.3. The Kier molecular flexibility index (Phi) is 7.26. The standard InChI is InChI=1S/C23H31NO2/c1-16(2)13-21(19-9-7-6-8-10-19)24-23(25)15-26-22-14-18(5)11-12-20(22)17(3)4/h6-12,14,16-17,21H,13,15H2,1-5H3,(H,24,25). The summed E-state index contributed by atoms with van der Waals surface area (Å²) in [5.74, 6) is 1.56. The van der Waals surface area contributed by atoms with Crippen LogP contribution in [-0.2, 0) is 4.79 Å². The second-order valence-electron chi connectivity index (χ2n) is 7.64. The fourth-order valence-corrected chi connectivity index (χ4v) is 3.06. The summed E-state index contributed by atoms with van der Waals surface area (Å²) in [4.78, 5) is 12.5. The number of nitrogens with one attached hydrogen (secondary N) is 1. The van der Waals surface area contributed by atoms with Crippen LogP contribution in [0.1, 0.15) is 62.8 Å². The number of rotatable bonds is 8. The topological polar surface area (TPSA) is 38.3 Å². The monoisotopic (exact) mass is 353 g/mol. The van der Waals surface area contributed by atoms with Crippen molar-refractivity contribution in [3.05, 3.63) is 65.2 Å². The first-order chi connectivity index (χ1) is 12.4. The minimum absolute atomic E-state index is 0.00868. The van der Waals surface area contributed by atoms with Gasteiger partial charge in [0.25, 0.3) is 5.91 Å². The minimum atomic E-state index is -0.0873. The molecule has 2 aromatic rings. The van der Waals surface area contributed by atoms with Crippen LogP contribution < -0.4 is 10.1 Å². The summed E-state index contributed by atoms with van der Waals surface area (Å²) in [7, 11) is 0. The molecule has 0 fully saturated rings. The van der Waals surface area contributed by atoms with Crippen molar-refractivity contribution in [3.8, 4) is 5.75 Å². The summed E-state index contributed by atoms with van der Waals surface area (Å²) in [6.07, 6.45) is 0.900. The van der Waals surface area contributed by atoms with Crippen molar-refractivity contribution in [2.75, 3.05) is 6.61 Å². The van der Waals surface area contributed by atoms with Crippen LogP contribution in [0.4, 0.5) is 0 Å². The number of benzene rings is 2. The van der Waals surface area contributed by atoms with Gasteiger partial charge in [0.1, 0.15) is 5.75 Å². The molecule has 0 spiro atoms. The van der Waals surface area contributed by atoms with Gasteiger partial charge in [0.05, 0.1) is 6.04 Å². The molecule has 1 amide bonds. The van der Waals surface area contributed by atoms with Gasteiger partial charge < -0.3 is 10.1 Å². The van der Waals surface area contributed by atoms with Crippen molar-refractivity contribution < 1.29 is 9.53 Å². The number of amides is 1. The van der Waals surface area contributed by atoms with Gasteiger partial charge >= 0.3 is 0 Å². The third-order valence-corrected chi connectivity index (χ3v) is 4.39. The van der Waals surface area contributed by atoms with Crippen molar-refractivity contribution in [3.63, 3.8) is 0 Å². The lowest BCUT2D eigenvalue weighted by atomic mass is 9.97. The molecule has 140 valence electrons. The Balaban J connectivity index is 2.04. The summed E-state index contributed by atoms with van der Waals surface area (Å²) in [5.41, 5.74) is 3.39. The van der Waals surface area contributed by atoms with Gasteiger partial charge in [-0.15, -0.1) is 0 Å². The largest absolute Gasteiger partial charge is 0.483 e. The van der Waals surface area contributed by atoms with Crippen LogP contribution in [0.5, 0.6) is 5.75 Å². The average molecular weight is 354 g/mol. The number of hydrogen-bond donors (Lipinski definition) is 1. The van der Waals surface area contributed by atoms with E-state index in [2.05, 4.69) is 57.3 Å². The molecule has 0 aromatic heterocycles. The molecule has 2 rings (SSSR count). The second kappa shape index (κ2) is 9.42. The van der Waals surface area contributed by atoms with E-state index in [0.29, 0.717) is 11.8 Å². The summed E-state index contributed by atoms with van der Waals surface area (Å²) >= 11 is 0. The van der Waals surface area contributed by atoms with Crippen LogP contribution in [0.25, 0.3) is 0 Å². The molecule has 0 aliphatic rings. The van der Waals surface area contributed by atoms with Gasteiger partial charge in [-0.05, 0) is 47.9 Å². The lowest BCUT2D eigenvalue weighted by molar-refractivity contribution is -0.124. The number of carbonyl (C=O) groups excluding carboxylic acids is 1. The summed E-state index contributed by atoms with van der Waals surface area (Å²) < 4.78 is 5.87. The van der Waals surface area contributed by atoms with Crippen LogP contribution in [-0.4, -0.2) is 12.5 Å². The highest BCUT2D eigenvalue weighted by molar-refractivity contribution is 5.78. The maximum atomic E-state index is 12.5. The van der Waals surface area contributed by atoms with E-state index in [4.69, 9.17) is 4.74 Å². The minimum Gasteiger partial charge on any atom is -0.483 e. The van der Waals surface area contributed by atoms with E-state index in [-0.39, 0.29) is 18.6 Å². The summed E-state index contributed by atoms with van der Waals surface area (Å²) in [6.45, 7) is 10.7. The van der Waals surface area contributed by atoms with E-state index >= 15 is 0 Å². The number of hydrogen-bond acceptors (Lipinski definition) is 2. The van der Waals surface area contributed by atoms with Crippen molar-refractivity contribution in [2.45, 2.75) is 53.0 Å². The third-order valence-electron chi connectivity index (χ3n) is 4.39. The van der Waals surface area contributed by atoms with Crippen LogP contribution in [0.15, 0.2) is 48.5 Å². The van der Waals surface area contributed by atoms with Gasteiger partial charge in [-0.1, -0.05) is 70.2 Å². The zero-order chi connectivity index (χ0) is 19.1. The van der Waals surface area contributed by atoms with Gasteiger partial charge in [0.2, 0.25) is 0 Å². The fraction of sp³-hybridized carbons (Fsp3) is 0.435. The van der Waals surface area contributed by atoms with Crippen LogP contribution >= 0.6 is 0 Å². The van der Waals surface area contributed by atoms with E-state index in [1.54, 1.807) is 0 Å². The molecular formula is C23H31NO2. The lowest BCUT2D eigenvalue weighted by Gasteiger charge is -2.22. The Morgan fingerprint density at radius 2 is 1.73 bits per heavy atom. The average Bonchev–Trinajstić information content (AvgIpc) is 2.59. The molecule has 1 unspecified atom stereocenters. The van der Waals surface area contributed by atoms with Gasteiger partial charge in [-0.2, -0.15) is 0 Å². The molecule has 0 radical (unpaired) electrons. The van der Waals surface area contributed by atoms with Gasteiger partial charge in [-0.25, -0.2) is 0 Å². The van der Waals surface area contributed by atoms with Crippen molar-refractivity contribution in [1.82, 2.24) is 5.32 Å². The zero-order valence-electron chi connectivity index (χ0n) is 16.6. The van der Waals surface area contributed by atoms with Crippen molar-refractivity contribution in [2.24, 2.45) is 5.92 Å². The van der Waals surface area contributed by atoms with E-state index in [0.717, 1.165) is 28.9 Å². The van der Waals surface area contributed by atoms with E-state index in [1.807, 2.05) is 31.2 Å². The highest BCUT2D eigenvalue weighted by atomic mass is 16.5. The molecule has 1 atom stereocenters. The SMILES string of the molecule is Cc1ccc(C(C)C)c(OCC(=O)NC(CC(C)C)c2ccccc2)c1. The smallest absolute Gasteiger partial charge is 0.258 e.